The molecule has 4 nitrogen and oxygen atoms in total. The van der Waals surface area contributed by atoms with E-state index in [0.717, 1.165) is 24.2 Å². The second kappa shape index (κ2) is 7.90. The molecule has 0 aliphatic heterocycles. The first-order valence-corrected chi connectivity index (χ1v) is 7.27. The number of anilines is 1. The molecule has 0 saturated heterocycles. The summed E-state index contributed by atoms with van der Waals surface area (Å²) in [6.07, 6.45) is 1.01. The summed E-state index contributed by atoms with van der Waals surface area (Å²) in [4.78, 5) is 14.4. The molecule has 1 aromatic carbocycles. The molecule has 0 atom stereocenters. The lowest BCUT2D eigenvalue weighted by Crippen LogP contribution is -2.39. The van der Waals surface area contributed by atoms with Crippen molar-refractivity contribution in [2.24, 2.45) is 0 Å². The molecule has 1 aromatic rings. The van der Waals surface area contributed by atoms with E-state index in [9.17, 15) is 4.79 Å². The Kier molecular flexibility index (Phi) is 6.52. The maximum absolute atomic E-state index is 12.7. The summed E-state index contributed by atoms with van der Waals surface area (Å²) in [6, 6.07) is 5.93. The van der Waals surface area contributed by atoms with Crippen LogP contribution in [0.3, 0.4) is 0 Å². The van der Waals surface area contributed by atoms with Crippen LogP contribution in [0.4, 0.5) is 5.69 Å². The lowest BCUT2D eigenvalue weighted by Gasteiger charge is -2.27. The van der Waals surface area contributed by atoms with Gasteiger partial charge in [0.15, 0.2) is 0 Å². The number of hydrogen-bond donors (Lipinski definition) is 2. The van der Waals surface area contributed by atoms with Gasteiger partial charge in [-0.2, -0.15) is 0 Å². The predicted octanol–water partition coefficient (Wildman–Crippen LogP) is 2.66. The number of aliphatic hydroxyl groups excluding tert-OH is 1. The number of aliphatic hydroxyl groups is 1. The first-order chi connectivity index (χ1) is 9.51. The van der Waals surface area contributed by atoms with Crippen molar-refractivity contribution in [2.75, 3.05) is 25.0 Å². The van der Waals surface area contributed by atoms with E-state index < -0.39 is 0 Å². The van der Waals surface area contributed by atoms with Crippen molar-refractivity contribution in [1.29, 1.82) is 0 Å². The van der Waals surface area contributed by atoms with Crippen molar-refractivity contribution >= 4 is 11.6 Å². The van der Waals surface area contributed by atoms with E-state index in [4.69, 9.17) is 5.11 Å². The number of carbonyl (C=O) groups is 1. The molecule has 0 bridgehead atoms. The second-order valence-corrected chi connectivity index (χ2v) is 5.29. The standard InChI is InChI=1S/C16H26N2O2/c1-5-8-17-15-7-6-13(4)11-14(15)16(20)18(9-10-19)12(2)3/h6-7,11-12,17,19H,5,8-10H2,1-4H3. The number of rotatable bonds is 7. The van der Waals surface area contributed by atoms with Crippen LogP contribution < -0.4 is 5.32 Å². The van der Waals surface area contributed by atoms with Gasteiger partial charge in [0.05, 0.1) is 12.2 Å². The Morgan fingerprint density at radius 2 is 2.10 bits per heavy atom. The van der Waals surface area contributed by atoms with E-state index >= 15 is 0 Å². The number of nitrogens with one attached hydrogen (secondary N) is 1. The van der Waals surface area contributed by atoms with Gasteiger partial charge in [0.2, 0.25) is 0 Å². The molecule has 4 heteroatoms. The summed E-state index contributed by atoms with van der Waals surface area (Å²) in [5, 5.41) is 12.4. The summed E-state index contributed by atoms with van der Waals surface area (Å²) in [5.41, 5.74) is 2.61. The lowest BCUT2D eigenvalue weighted by molar-refractivity contribution is 0.0666. The monoisotopic (exact) mass is 278 g/mol. The number of aryl methyl sites for hydroxylation is 1. The number of hydrogen-bond acceptors (Lipinski definition) is 3. The second-order valence-electron chi connectivity index (χ2n) is 5.29. The fourth-order valence-electron chi connectivity index (χ4n) is 2.11. The Morgan fingerprint density at radius 3 is 2.65 bits per heavy atom. The van der Waals surface area contributed by atoms with Gasteiger partial charge in [-0.3, -0.25) is 4.79 Å². The van der Waals surface area contributed by atoms with Gasteiger partial charge in [-0.25, -0.2) is 0 Å². The van der Waals surface area contributed by atoms with E-state index in [2.05, 4.69) is 12.2 Å². The van der Waals surface area contributed by atoms with E-state index in [1.54, 1.807) is 4.90 Å². The molecular formula is C16H26N2O2. The molecule has 20 heavy (non-hydrogen) atoms. The number of carbonyl (C=O) groups excluding carboxylic acids is 1. The van der Waals surface area contributed by atoms with Crippen LogP contribution in [0.15, 0.2) is 18.2 Å². The van der Waals surface area contributed by atoms with Gasteiger partial charge in [0.1, 0.15) is 0 Å². The Labute approximate surface area is 121 Å². The third-order valence-corrected chi connectivity index (χ3v) is 3.20. The van der Waals surface area contributed by atoms with Gasteiger partial charge in [-0.05, 0) is 39.3 Å². The zero-order valence-electron chi connectivity index (χ0n) is 12.9. The SMILES string of the molecule is CCCNc1ccc(C)cc1C(=O)N(CCO)C(C)C. The van der Waals surface area contributed by atoms with E-state index in [1.807, 2.05) is 39.0 Å². The summed E-state index contributed by atoms with van der Waals surface area (Å²) in [5.74, 6) is -0.0312. The fraction of sp³-hybridized carbons (Fsp3) is 0.562. The van der Waals surface area contributed by atoms with Crippen LogP contribution in [0.2, 0.25) is 0 Å². The van der Waals surface area contributed by atoms with Crippen molar-refractivity contribution in [2.45, 2.75) is 40.2 Å². The minimum absolute atomic E-state index is 0.0204. The molecular weight excluding hydrogens is 252 g/mol. The summed E-state index contributed by atoms with van der Waals surface area (Å²) >= 11 is 0. The highest BCUT2D eigenvalue weighted by Gasteiger charge is 2.21. The third-order valence-electron chi connectivity index (χ3n) is 3.20. The van der Waals surface area contributed by atoms with E-state index in [0.29, 0.717) is 12.1 Å². The maximum atomic E-state index is 12.7. The molecule has 0 unspecified atom stereocenters. The molecule has 0 radical (unpaired) electrons. The molecule has 0 aromatic heterocycles. The van der Waals surface area contributed by atoms with Crippen LogP contribution in [-0.2, 0) is 0 Å². The quantitative estimate of drug-likeness (QED) is 0.806. The Balaban J connectivity index is 3.08. The largest absolute Gasteiger partial charge is 0.395 e. The highest BCUT2D eigenvalue weighted by molar-refractivity contribution is 6.00. The molecule has 0 fully saturated rings. The van der Waals surface area contributed by atoms with Crippen molar-refractivity contribution in [3.8, 4) is 0 Å². The molecule has 0 heterocycles. The van der Waals surface area contributed by atoms with Gasteiger partial charge >= 0.3 is 0 Å². The number of benzene rings is 1. The van der Waals surface area contributed by atoms with Gasteiger partial charge in [0.25, 0.3) is 5.91 Å². The van der Waals surface area contributed by atoms with Crippen molar-refractivity contribution in [3.63, 3.8) is 0 Å². The predicted molar refractivity (Wildman–Crippen MR) is 83.2 cm³/mol. The van der Waals surface area contributed by atoms with Gasteiger partial charge < -0.3 is 15.3 Å². The van der Waals surface area contributed by atoms with Crippen molar-refractivity contribution in [3.05, 3.63) is 29.3 Å². The average Bonchev–Trinajstić information content (AvgIpc) is 2.42. The van der Waals surface area contributed by atoms with Gasteiger partial charge in [-0.1, -0.05) is 18.6 Å². The summed E-state index contributed by atoms with van der Waals surface area (Å²) in [7, 11) is 0. The molecule has 112 valence electrons. The zero-order chi connectivity index (χ0) is 15.1. The molecule has 1 amide bonds. The van der Waals surface area contributed by atoms with E-state index in [1.165, 1.54) is 0 Å². The topological polar surface area (TPSA) is 52.6 Å². The van der Waals surface area contributed by atoms with Crippen LogP contribution in [0.25, 0.3) is 0 Å². The summed E-state index contributed by atoms with van der Waals surface area (Å²) in [6.45, 7) is 9.17. The fourth-order valence-corrected chi connectivity index (χ4v) is 2.11. The third kappa shape index (κ3) is 4.23. The Bertz CT molecular complexity index is 444. The van der Waals surface area contributed by atoms with Crippen LogP contribution in [0.1, 0.15) is 43.1 Å². The lowest BCUT2D eigenvalue weighted by atomic mass is 10.1. The number of amides is 1. The van der Waals surface area contributed by atoms with Crippen molar-refractivity contribution < 1.29 is 9.90 Å². The first kappa shape index (κ1) is 16.5. The van der Waals surface area contributed by atoms with Crippen LogP contribution >= 0.6 is 0 Å². The summed E-state index contributed by atoms with van der Waals surface area (Å²) < 4.78 is 0. The van der Waals surface area contributed by atoms with Gasteiger partial charge in [0, 0.05) is 24.8 Å². The smallest absolute Gasteiger partial charge is 0.256 e. The zero-order valence-corrected chi connectivity index (χ0v) is 12.9. The highest BCUT2D eigenvalue weighted by Crippen LogP contribution is 2.20. The molecule has 1 rings (SSSR count). The first-order valence-electron chi connectivity index (χ1n) is 7.27. The van der Waals surface area contributed by atoms with Crippen LogP contribution in [0.5, 0.6) is 0 Å². The maximum Gasteiger partial charge on any atom is 0.256 e. The van der Waals surface area contributed by atoms with Crippen LogP contribution in [0, 0.1) is 6.92 Å². The van der Waals surface area contributed by atoms with E-state index in [-0.39, 0.29) is 18.6 Å². The normalized spacial score (nSPS) is 10.7. The Hall–Kier alpha value is -1.55. The molecule has 2 N–H and O–H groups in total. The molecule has 0 aliphatic carbocycles. The molecule has 0 aliphatic rings. The van der Waals surface area contributed by atoms with Crippen molar-refractivity contribution in [1.82, 2.24) is 4.90 Å². The molecule has 0 spiro atoms. The highest BCUT2D eigenvalue weighted by atomic mass is 16.3. The minimum Gasteiger partial charge on any atom is -0.395 e. The minimum atomic E-state index is -0.0312. The average molecular weight is 278 g/mol. The van der Waals surface area contributed by atoms with Crippen LogP contribution in [-0.4, -0.2) is 41.7 Å². The number of nitrogens with zero attached hydrogens (tertiary/aromatic N) is 1. The van der Waals surface area contributed by atoms with Gasteiger partial charge in [-0.15, -0.1) is 0 Å². The molecule has 0 saturated carbocycles. The Morgan fingerprint density at radius 1 is 1.40 bits per heavy atom.